The van der Waals surface area contributed by atoms with Gasteiger partial charge in [0.1, 0.15) is 5.65 Å². The molecule has 0 aliphatic carbocycles. The molecule has 0 fully saturated rings. The van der Waals surface area contributed by atoms with Gasteiger partial charge >= 0.3 is 0 Å². The minimum atomic E-state index is 0.0706. The lowest BCUT2D eigenvalue weighted by atomic mass is 10.1. The highest BCUT2D eigenvalue weighted by Crippen LogP contribution is 2.27. The maximum Gasteiger partial charge on any atom is 0.162 e. The smallest absolute Gasteiger partial charge is 0.162 e. The molecule has 1 N–H and O–H groups in total. The predicted molar refractivity (Wildman–Crippen MR) is 74.0 cm³/mol. The fourth-order valence-corrected chi connectivity index (χ4v) is 2.03. The molecule has 0 bridgehead atoms. The van der Waals surface area contributed by atoms with Crippen molar-refractivity contribution in [3.8, 4) is 0 Å². The van der Waals surface area contributed by atoms with Gasteiger partial charge in [-0.1, -0.05) is 13.8 Å². The third-order valence-corrected chi connectivity index (χ3v) is 2.94. The van der Waals surface area contributed by atoms with Gasteiger partial charge in [-0.2, -0.15) is 0 Å². The summed E-state index contributed by atoms with van der Waals surface area (Å²) in [7, 11) is 1.91. The van der Waals surface area contributed by atoms with Gasteiger partial charge in [-0.05, 0) is 18.9 Å². The van der Waals surface area contributed by atoms with Crippen LogP contribution in [-0.2, 0) is 7.05 Å². The summed E-state index contributed by atoms with van der Waals surface area (Å²) in [5, 5.41) is 4.31. The normalized spacial score (nSPS) is 11.2. The number of nitrogens with zero attached hydrogens (tertiary/aromatic N) is 2. The number of rotatable bonds is 4. The Kier molecular flexibility index (Phi) is 3.36. The van der Waals surface area contributed by atoms with Gasteiger partial charge < -0.3 is 9.88 Å². The third-order valence-electron chi connectivity index (χ3n) is 2.94. The molecule has 0 spiro atoms. The lowest BCUT2D eigenvalue weighted by Crippen LogP contribution is -2.08. The molecule has 2 heterocycles. The average Bonchev–Trinajstić information content (AvgIpc) is 2.65. The topological polar surface area (TPSA) is 46.9 Å². The van der Waals surface area contributed by atoms with Crippen LogP contribution in [0.1, 0.15) is 31.1 Å². The number of pyridine rings is 1. The fraction of sp³-hybridized carbons (Fsp3) is 0.429. The second kappa shape index (κ2) is 4.80. The molecule has 4 heteroatoms. The van der Waals surface area contributed by atoms with E-state index in [0.717, 1.165) is 28.8 Å². The van der Waals surface area contributed by atoms with E-state index in [1.807, 2.05) is 23.9 Å². The Bertz CT molecular complexity index is 584. The number of fused-ring (bicyclic) bond motifs is 1. The summed E-state index contributed by atoms with van der Waals surface area (Å²) >= 11 is 0. The van der Waals surface area contributed by atoms with Crippen LogP contribution in [0.4, 0.5) is 5.69 Å². The van der Waals surface area contributed by atoms with Crippen LogP contribution in [0.5, 0.6) is 0 Å². The van der Waals surface area contributed by atoms with Crippen molar-refractivity contribution in [3.63, 3.8) is 0 Å². The van der Waals surface area contributed by atoms with E-state index in [4.69, 9.17) is 0 Å². The molecular formula is C14H19N3O. The minimum absolute atomic E-state index is 0.0706. The molecule has 2 aromatic rings. The molecule has 0 atom stereocenters. The number of hydrogen-bond donors (Lipinski definition) is 1. The summed E-state index contributed by atoms with van der Waals surface area (Å²) < 4.78 is 1.90. The summed E-state index contributed by atoms with van der Waals surface area (Å²) in [5.74, 6) is 0.624. The molecule has 0 saturated carbocycles. The van der Waals surface area contributed by atoms with E-state index in [1.54, 1.807) is 13.1 Å². The molecule has 2 aromatic heterocycles. The summed E-state index contributed by atoms with van der Waals surface area (Å²) in [6.45, 7) is 6.78. The lowest BCUT2D eigenvalue weighted by molar-refractivity contribution is 0.101. The van der Waals surface area contributed by atoms with Gasteiger partial charge in [0.05, 0.1) is 5.39 Å². The Balaban J connectivity index is 2.55. The first-order valence-electron chi connectivity index (χ1n) is 6.19. The second-order valence-electron chi connectivity index (χ2n) is 5.04. The van der Waals surface area contributed by atoms with Gasteiger partial charge in [-0.15, -0.1) is 0 Å². The van der Waals surface area contributed by atoms with E-state index in [1.165, 1.54) is 0 Å². The molecule has 4 nitrogen and oxygen atoms in total. The van der Waals surface area contributed by atoms with Crippen molar-refractivity contribution in [3.05, 3.63) is 24.0 Å². The Morgan fingerprint density at radius 2 is 2.22 bits per heavy atom. The number of Topliss-reactive ketones (excluding diaryl/α,β-unsaturated/α-hetero) is 1. The zero-order valence-corrected chi connectivity index (χ0v) is 11.3. The first-order chi connectivity index (χ1) is 8.50. The van der Waals surface area contributed by atoms with Crippen LogP contribution in [0, 0.1) is 5.92 Å². The van der Waals surface area contributed by atoms with Gasteiger partial charge in [0.25, 0.3) is 0 Å². The van der Waals surface area contributed by atoms with Crippen LogP contribution in [0.25, 0.3) is 11.0 Å². The summed E-state index contributed by atoms with van der Waals surface area (Å²) in [6, 6.07) is 1.93. The number of ketones is 1. The van der Waals surface area contributed by atoms with Crippen LogP contribution in [0.3, 0.4) is 0 Å². The molecule has 0 saturated heterocycles. The number of aryl methyl sites for hydroxylation is 1. The molecule has 0 radical (unpaired) electrons. The first kappa shape index (κ1) is 12.6. The standard InChI is InChI=1S/C14H19N3O/c1-9(2)7-16-12-5-6-15-14-13(12)11(10(3)18)8-17(14)4/h5-6,8-9H,7H2,1-4H3,(H,15,16). The zero-order chi connectivity index (χ0) is 13.3. The van der Waals surface area contributed by atoms with Crippen molar-refractivity contribution in [1.29, 1.82) is 0 Å². The molecule has 0 aliphatic rings. The van der Waals surface area contributed by atoms with Crippen molar-refractivity contribution in [2.75, 3.05) is 11.9 Å². The Morgan fingerprint density at radius 3 is 2.83 bits per heavy atom. The van der Waals surface area contributed by atoms with Crippen LogP contribution in [-0.4, -0.2) is 21.9 Å². The van der Waals surface area contributed by atoms with Crippen molar-refractivity contribution in [1.82, 2.24) is 9.55 Å². The Labute approximate surface area is 107 Å². The molecule has 2 rings (SSSR count). The SMILES string of the molecule is CC(=O)c1cn(C)c2nccc(NCC(C)C)c12. The molecular weight excluding hydrogens is 226 g/mol. The van der Waals surface area contributed by atoms with E-state index in [-0.39, 0.29) is 5.78 Å². The van der Waals surface area contributed by atoms with Crippen LogP contribution in [0.15, 0.2) is 18.5 Å². The number of anilines is 1. The molecule has 18 heavy (non-hydrogen) atoms. The van der Waals surface area contributed by atoms with Gasteiger partial charge in [0.2, 0.25) is 0 Å². The lowest BCUT2D eigenvalue weighted by Gasteiger charge is -2.10. The number of carbonyl (C=O) groups is 1. The van der Waals surface area contributed by atoms with E-state index in [2.05, 4.69) is 24.1 Å². The summed E-state index contributed by atoms with van der Waals surface area (Å²) in [4.78, 5) is 16.0. The molecule has 96 valence electrons. The highest BCUT2D eigenvalue weighted by atomic mass is 16.1. The van der Waals surface area contributed by atoms with E-state index >= 15 is 0 Å². The van der Waals surface area contributed by atoms with Crippen LogP contribution < -0.4 is 5.32 Å². The Morgan fingerprint density at radius 1 is 1.50 bits per heavy atom. The number of carbonyl (C=O) groups excluding carboxylic acids is 1. The number of hydrogen-bond acceptors (Lipinski definition) is 3. The van der Waals surface area contributed by atoms with Crippen molar-refractivity contribution < 1.29 is 4.79 Å². The highest BCUT2D eigenvalue weighted by Gasteiger charge is 2.14. The quantitative estimate of drug-likeness (QED) is 0.842. The molecule has 0 aromatic carbocycles. The third kappa shape index (κ3) is 2.23. The zero-order valence-electron chi connectivity index (χ0n) is 11.3. The maximum absolute atomic E-state index is 11.7. The molecule has 0 amide bonds. The van der Waals surface area contributed by atoms with E-state index < -0.39 is 0 Å². The minimum Gasteiger partial charge on any atom is -0.384 e. The van der Waals surface area contributed by atoms with Gasteiger partial charge in [-0.3, -0.25) is 4.79 Å². The van der Waals surface area contributed by atoms with Gasteiger partial charge in [0, 0.05) is 37.2 Å². The van der Waals surface area contributed by atoms with Crippen LogP contribution in [0.2, 0.25) is 0 Å². The maximum atomic E-state index is 11.7. The first-order valence-corrected chi connectivity index (χ1v) is 6.19. The fourth-order valence-electron chi connectivity index (χ4n) is 2.03. The summed E-state index contributed by atoms with van der Waals surface area (Å²) in [6.07, 6.45) is 3.62. The van der Waals surface area contributed by atoms with Gasteiger partial charge in [-0.25, -0.2) is 4.98 Å². The second-order valence-corrected chi connectivity index (χ2v) is 5.04. The van der Waals surface area contributed by atoms with E-state index in [9.17, 15) is 4.79 Å². The van der Waals surface area contributed by atoms with Crippen LogP contribution >= 0.6 is 0 Å². The van der Waals surface area contributed by atoms with Crippen molar-refractivity contribution in [2.24, 2.45) is 13.0 Å². The number of aromatic nitrogens is 2. The monoisotopic (exact) mass is 245 g/mol. The van der Waals surface area contributed by atoms with Crippen molar-refractivity contribution >= 4 is 22.5 Å². The van der Waals surface area contributed by atoms with E-state index in [0.29, 0.717) is 5.92 Å². The number of nitrogens with one attached hydrogen (secondary N) is 1. The molecule has 0 unspecified atom stereocenters. The Hall–Kier alpha value is -1.84. The van der Waals surface area contributed by atoms with Gasteiger partial charge in [0.15, 0.2) is 5.78 Å². The summed E-state index contributed by atoms with van der Waals surface area (Å²) in [5.41, 5.74) is 2.56. The molecule has 0 aliphatic heterocycles. The average molecular weight is 245 g/mol. The highest BCUT2D eigenvalue weighted by molar-refractivity contribution is 6.10. The van der Waals surface area contributed by atoms with Crippen molar-refractivity contribution in [2.45, 2.75) is 20.8 Å². The largest absolute Gasteiger partial charge is 0.384 e. The predicted octanol–water partition coefficient (Wildman–Crippen LogP) is 2.84.